The Hall–Kier alpha value is -2.49. The van der Waals surface area contributed by atoms with Crippen molar-refractivity contribution >= 4 is 11.6 Å². The Morgan fingerprint density at radius 2 is 1.80 bits per heavy atom. The van der Waals surface area contributed by atoms with E-state index in [2.05, 4.69) is 18.9 Å². The van der Waals surface area contributed by atoms with E-state index in [1.807, 2.05) is 55.6 Å². The summed E-state index contributed by atoms with van der Waals surface area (Å²) in [5.41, 5.74) is 2.89. The number of benzene rings is 2. The molecule has 4 nitrogen and oxygen atoms in total. The molecule has 0 aliphatic heterocycles. The van der Waals surface area contributed by atoms with Crippen LogP contribution in [0.25, 0.3) is 0 Å². The number of ether oxygens (including phenoxy) is 1. The van der Waals surface area contributed by atoms with E-state index in [-0.39, 0.29) is 5.91 Å². The topological polar surface area (TPSA) is 32.8 Å². The molecule has 4 heteroatoms. The Balaban J connectivity index is 2.01. The summed E-state index contributed by atoms with van der Waals surface area (Å²) in [6.07, 6.45) is 2.34. The van der Waals surface area contributed by atoms with Gasteiger partial charge in [0.25, 0.3) is 5.91 Å². The Kier molecular flexibility index (Phi) is 6.87. The summed E-state index contributed by atoms with van der Waals surface area (Å²) in [4.78, 5) is 16.6. The molecule has 2 aromatic carbocycles. The number of amides is 1. The van der Waals surface area contributed by atoms with Crippen molar-refractivity contribution in [2.24, 2.45) is 0 Å². The van der Waals surface area contributed by atoms with Gasteiger partial charge in [0.2, 0.25) is 0 Å². The van der Waals surface area contributed by atoms with Gasteiger partial charge in [-0.05, 0) is 48.4 Å². The number of rotatable bonds is 8. The zero-order chi connectivity index (χ0) is 18.2. The fourth-order valence-corrected chi connectivity index (χ4v) is 2.72. The minimum Gasteiger partial charge on any atom is -0.497 e. The highest BCUT2D eigenvalue weighted by atomic mass is 16.5. The molecule has 0 aliphatic carbocycles. The molecule has 0 fully saturated rings. The predicted molar refractivity (Wildman–Crippen MR) is 103 cm³/mol. The SMILES string of the molecule is CCCCN(C)c1ccc(C(=O)N(C)Cc2cccc(OC)c2)cc1. The van der Waals surface area contributed by atoms with Crippen LogP contribution < -0.4 is 9.64 Å². The predicted octanol–water partition coefficient (Wildman–Crippen LogP) is 4.20. The maximum Gasteiger partial charge on any atom is 0.253 e. The Morgan fingerprint density at radius 1 is 1.08 bits per heavy atom. The van der Waals surface area contributed by atoms with E-state index in [0.29, 0.717) is 12.1 Å². The van der Waals surface area contributed by atoms with Gasteiger partial charge in [-0.25, -0.2) is 0 Å². The fourth-order valence-electron chi connectivity index (χ4n) is 2.72. The standard InChI is InChI=1S/C21H28N2O2/c1-5-6-14-22(2)19-12-10-18(11-13-19)21(24)23(3)16-17-8-7-9-20(15-17)25-4/h7-13,15H,5-6,14,16H2,1-4H3. The molecule has 0 spiro atoms. The smallest absolute Gasteiger partial charge is 0.253 e. The second kappa shape index (κ2) is 9.11. The molecule has 2 aromatic rings. The van der Waals surface area contributed by atoms with Crippen molar-refractivity contribution in [1.82, 2.24) is 4.90 Å². The van der Waals surface area contributed by atoms with E-state index in [1.165, 1.54) is 12.8 Å². The Labute approximate surface area is 151 Å². The number of carbonyl (C=O) groups is 1. The molecule has 2 rings (SSSR count). The van der Waals surface area contributed by atoms with Crippen LogP contribution >= 0.6 is 0 Å². The van der Waals surface area contributed by atoms with Gasteiger partial charge in [0.1, 0.15) is 5.75 Å². The van der Waals surface area contributed by atoms with Crippen molar-refractivity contribution in [3.05, 3.63) is 59.7 Å². The summed E-state index contributed by atoms with van der Waals surface area (Å²) in [6, 6.07) is 15.6. The third-order valence-electron chi connectivity index (χ3n) is 4.30. The highest BCUT2D eigenvalue weighted by Crippen LogP contribution is 2.17. The summed E-state index contributed by atoms with van der Waals surface area (Å²) in [5, 5.41) is 0. The van der Waals surface area contributed by atoms with Gasteiger partial charge in [-0.3, -0.25) is 4.79 Å². The first-order valence-electron chi connectivity index (χ1n) is 8.74. The van der Waals surface area contributed by atoms with Crippen molar-refractivity contribution in [3.8, 4) is 5.75 Å². The molecule has 0 saturated carbocycles. The van der Waals surface area contributed by atoms with Crippen LogP contribution in [0.3, 0.4) is 0 Å². The minimum absolute atomic E-state index is 0.0191. The maximum atomic E-state index is 12.6. The first-order chi connectivity index (χ1) is 12.0. The molecule has 0 heterocycles. The van der Waals surface area contributed by atoms with Crippen molar-refractivity contribution in [2.45, 2.75) is 26.3 Å². The third kappa shape index (κ3) is 5.24. The zero-order valence-electron chi connectivity index (χ0n) is 15.7. The van der Waals surface area contributed by atoms with Crippen LogP contribution in [0.4, 0.5) is 5.69 Å². The molecule has 0 aromatic heterocycles. The van der Waals surface area contributed by atoms with Crippen LogP contribution in [0.5, 0.6) is 5.75 Å². The molecule has 0 N–H and O–H groups in total. The average Bonchev–Trinajstić information content (AvgIpc) is 2.65. The summed E-state index contributed by atoms with van der Waals surface area (Å²) in [5.74, 6) is 0.823. The van der Waals surface area contributed by atoms with Crippen LogP contribution in [-0.2, 0) is 6.54 Å². The molecule has 1 amide bonds. The minimum atomic E-state index is 0.0191. The lowest BCUT2D eigenvalue weighted by atomic mass is 10.1. The maximum absolute atomic E-state index is 12.6. The number of carbonyl (C=O) groups excluding carboxylic acids is 1. The number of methoxy groups -OCH3 is 1. The van der Waals surface area contributed by atoms with Crippen LogP contribution in [0.2, 0.25) is 0 Å². The normalized spacial score (nSPS) is 10.4. The summed E-state index contributed by atoms with van der Waals surface area (Å²) < 4.78 is 5.24. The van der Waals surface area contributed by atoms with E-state index in [4.69, 9.17) is 4.74 Å². The first kappa shape index (κ1) is 18.8. The molecular weight excluding hydrogens is 312 g/mol. The van der Waals surface area contributed by atoms with E-state index in [9.17, 15) is 4.79 Å². The van der Waals surface area contributed by atoms with Crippen LogP contribution in [0.1, 0.15) is 35.7 Å². The molecule has 0 unspecified atom stereocenters. The highest BCUT2D eigenvalue weighted by Gasteiger charge is 2.13. The average molecular weight is 340 g/mol. The van der Waals surface area contributed by atoms with Gasteiger partial charge in [0.05, 0.1) is 7.11 Å². The Morgan fingerprint density at radius 3 is 2.44 bits per heavy atom. The highest BCUT2D eigenvalue weighted by molar-refractivity contribution is 5.94. The van der Waals surface area contributed by atoms with E-state index >= 15 is 0 Å². The van der Waals surface area contributed by atoms with Crippen LogP contribution in [-0.4, -0.2) is 38.6 Å². The monoisotopic (exact) mass is 340 g/mol. The van der Waals surface area contributed by atoms with Crippen molar-refractivity contribution in [1.29, 1.82) is 0 Å². The van der Waals surface area contributed by atoms with Crippen molar-refractivity contribution in [2.75, 3.05) is 32.6 Å². The summed E-state index contributed by atoms with van der Waals surface area (Å²) in [7, 11) is 5.55. The summed E-state index contributed by atoms with van der Waals surface area (Å²) >= 11 is 0. The lowest BCUT2D eigenvalue weighted by Crippen LogP contribution is -2.26. The van der Waals surface area contributed by atoms with Gasteiger partial charge < -0.3 is 14.5 Å². The van der Waals surface area contributed by atoms with Gasteiger partial charge in [0, 0.05) is 38.4 Å². The fraction of sp³-hybridized carbons (Fsp3) is 0.381. The molecular formula is C21H28N2O2. The molecule has 0 aliphatic rings. The molecule has 25 heavy (non-hydrogen) atoms. The second-order valence-electron chi connectivity index (χ2n) is 6.33. The number of unbranched alkanes of at least 4 members (excludes halogenated alkanes) is 1. The van der Waals surface area contributed by atoms with E-state index in [0.717, 1.165) is 23.5 Å². The largest absolute Gasteiger partial charge is 0.497 e. The van der Waals surface area contributed by atoms with Gasteiger partial charge in [-0.15, -0.1) is 0 Å². The quantitative estimate of drug-likeness (QED) is 0.722. The van der Waals surface area contributed by atoms with E-state index in [1.54, 1.807) is 12.0 Å². The lowest BCUT2D eigenvalue weighted by Gasteiger charge is -2.20. The molecule has 0 saturated heterocycles. The van der Waals surface area contributed by atoms with Gasteiger partial charge in [-0.2, -0.15) is 0 Å². The van der Waals surface area contributed by atoms with Crippen LogP contribution in [0.15, 0.2) is 48.5 Å². The molecule has 134 valence electrons. The molecule has 0 radical (unpaired) electrons. The first-order valence-corrected chi connectivity index (χ1v) is 8.74. The molecule has 0 bridgehead atoms. The van der Waals surface area contributed by atoms with Crippen molar-refractivity contribution < 1.29 is 9.53 Å². The van der Waals surface area contributed by atoms with Gasteiger partial charge in [0.15, 0.2) is 0 Å². The number of anilines is 1. The molecule has 0 atom stereocenters. The van der Waals surface area contributed by atoms with Crippen LogP contribution in [0, 0.1) is 0 Å². The van der Waals surface area contributed by atoms with Gasteiger partial charge >= 0.3 is 0 Å². The number of hydrogen-bond donors (Lipinski definition) is 0. The third-order valence-corrected chi connectivity index (χ3v) is 4.30. The van der Waals surface area contributed by atoms with Gasteiger partial charge in [-0.1, -0.05) is 25.5 Å². The Bertz CT molecular complexity index is 683. The van der Waals surface area contributed by atoms with E-state index < -0.39 is 0 Å². The lowest BCUT2D eigenvalue weighted by molar-refractivity contribution is 0.0785. The zero-order valence-corrected chi connectivity index (χ0v) is 15.7. The van der Waals surface area contributed by atoms with Crippen molar-refractivity contribution in [3.63, 3.8) is 0 Å². The second-order valence-corrected chi connectivity index (χ2v) is 6.33. The number of hydrogen-bond acceptors (Lipinski definition) is 3. The summed E-state index contributed by atoms with van der Waals surface area (Å²) in [6.45, 7) is 3.77. The number of nitrogens with zero attached hydrogens (tertiary/aromatic N) is 2.